The number of carbonyl (C=O) groups excluding carboxylic acids is 1. The second-order valence-electron chi connectivity index (χ2n) is 6.33. The molecule has 1 heterocycles. The molecule has 0 radical (unpaired) electrons. The first-order chi connectivity index (χ1) is 12.7. The Morgan fingerprint density at radius 3 is 2.41 bits per heavy atom. The van der Waals surface area contributed by atoms with Gasteiger partial charge in [-0.25, -0.2) is 13.8 Å². The first kappa shape index (κ1) is 21.0. The zero-order valence-corrected chi connectivity index (χ0v) is 16.9. The highest BCUT2D eigenvalue weighted by Crippen LogP contribution is 2.32. The van der Waals surface area contributed by atoms with Gasteiger partial charge >= 0.3 is 0 Å². The second kappa shape index (κ2) is 9.05. The van der Waals surface area contributed by atoms with Crippen LogP contribution in [-0.4, -0.2) is 72.1 Å². The number of methoxy groups -OCH3 is 2. The predicted molar refractivity (Wildman–Crippen MR) is 104 cm³/mol. The van der Waals surface area contributed by atoms with Crippen LogP contribution in [0.1, 0.15) is 12.8 Å². The van der Waals surface area contributed by atoms with E-state index >= 15 is 0 Å². The van der Waals surface area contributed by atoms with Crippen LogP contribution in [0.3, 0.4) is 0 Å². The number of hydrogen-bond donors (Lipinski definition) is 1. The fraction of sp³-hybridized carbons (Fsp3) is 0.529. The van der Waals surface area contributed by atoms with Crippen molar-refractivity contribution in [1.82, 2.24) is 10.3 Å². The summed E-state index contributed by atoms with van der Waals surface area (Å²) in [5, 5.41) is 4.13. The van der Waals surface area contributed by atoms with Gasteiger partial charge in [0, 0.05) is 37.7 Å². The lowest BCUT2D eigenvalue weighted by Crippen LogP contribution is -2.39. The van der Waals surface area contributed by atoms with Crippen molar-refractivity contribution in [2.24, 2.45) is 5.10 Å². The van der Waals surface area contributed by atoms with Crippen molar-refractivity contribution in [3.05, 3.63) is 18.2 Å². The number of nitrogens with one attached hydrogen (secondary N) is 1. The van der Waals surface area contributed by atoms with Crippen molar-refractivity contribution in [3.63, 3.8) is 0 Å². The number of nitrogens with zero attached hydrogens (tertiary/aromatic N) is 3. The summed E-state index contributed by atoms with van der Waals surface area (Å²) in [6, 6.07) is 4.65. The van der Waals surface area contributed by atoms with Crippen LogP contribution < -0.4 is 19.2 Å². The number of sulfonamides is 1. The van der Waals surface area contributed by atoms with Gasteiger partial charge in [0.15, 0.2) is 11.5 Å². The summed E-state index contributed by atoms with van der Waals surface area (Å²) in [4.78, 5) is 14.5. The molecule has 1 aliphatic rings. The van der Waals surface area contributed by atoms with E-state index in [-0.39, 0.29) is 6.54 Å². The van der Waals surface area contributed by atoms with Gasteiger partial charge in [0.25, 0.3) is 5.91 Å². The van der Waals surface area contributed by atoms with E-state index in [0.717, 1.165) is 42.2 Å². The largest absolute Gasteiger partial charge is 0.493 e. The lowest BCUT2D eigenvalue weighted by molar-refractivity contribution is -0.119. The first-order valence-corrected chi connectivity index (χ1v) is 10.3. The zero-order valence-electron chi connectivity index (χ0n) is 16.1. The minimum absolute atomic E-state index is 0.303. The number of ether oxygens (including phenoxy) is 2. The summed E-state index contributed by atoms with van der Waals surface area (Å²) >= 11 is 0. The molecule has 1 saturated heterocycles. The second-order valence-corrected chi connectivity index (χ2v) is 8.23. The SMILES string of the molecule is COc1ccc(N(CC(=O)NN=C2CCN(C)CC2)S(C)(=O)=O)cc1OC. The van der Waals surface area contributed by atoms with E-state index < -0.39 is 15.9 Å². The summed E-state index contributed by atoms with van der Waals surface area (Å²) in [5.74, 6) is 0.324. The molecule has 1 aromatic rings. The Bertz CT molecular complexity index is 800. The molecule has 2 rings (SSSR count). The van der Waals surface area contributed by atoms with Gasteiger partial charge < -0.3 is 14.4 Å². The molecule has 0 saturated carbocycles. The minimum Gasteiger partial charge on any atom is -0.493 e. The number of piperidine rings is 1. The molecule has 27 heavy (non-hydrogen) atoms. The smallest absolute Gasteiger partial charge is 0.260 e. The van der Waals surface area contributed by atoms with E-state index in [2.05, 4.69) is 15.4 Å². The summed E-state index contributed by atoms with van der Waals surface area (Å²) in [5.41, 5.74) is 3.66. The van der Waals surface area contributed by atoms with Gasteiger partial charge in [0.2, 0.25) is 10.0 Å². The normalized spacial score (nSPS) is 15.2. The van der Waals surface area contributed by atoms with Gasteiger partial charge in [-0.3, -0.25) is 9.10 Å². The van der Waals surface area contributed by atoms with Crippen LogP contribution in [0.4, 0.5) is 5.69 Å². The molecule has 1 aliphatic heterocycles. The number of amides is 1. The summed E-state index contributed by atoms with van der Waals surface area (Å²) in [7, 11) is 1.29. The fourth-order valence-corrected chi connectivity index (χ4v) is 3.52. The van der Waals surface area contributed by atoms with Crippen molar-refractivity contribution in [1.29, 1.82) is 0 Å². The lowest BCUT2D eigenvalue weighted by Gasteiger charge is -2.24. The molecule has 0 atom stereocenters. The molecule has 10 heteroatoms. The molecule has 150 valence electrons. The number of anilines is 1. The van der Waals surface area contributed by atoms with Crippen LogP contribution in [0.25, 0.3) is 0 Å². The maximum absolute atomic E-state index is 12.3. The highest BCUT2D eigenvalue weighted by molar-refractivity contribution is 7.92. The van der Waals surface area contributed by atoms with Crippen molar-refractivity contribution in [2.45, 2.75) is 12.8 Å². The maximum Gasteiger partial charge on any atom is 0.260 e. The average molecular weight is 398 g/mol. The van der Waals surface area contributed by atoms with E-state index in [1.54, 1.807) is 12.1 Å². The minimum atomic E-state index is -3.69. The van der Waals surface area contributed by atoms with E-state index in [1.165, 1.54) is 20.3 Å². The topological polar surface area (TPSA) is 101 Å². The third kappa shape index (κ3) is 5.83. The van der Waals surface area contributed by atoms with Crippen molar-refractivity contribution >= 4 is 27.3 Å². The van der Waals surface area contributed by atoms with Crippen LogP contribution in [0.2, 0.25) is 0 Å². The highest BCUT2D eigenvalue weighted by Gasteiger charge is 2.22. The van der Waals surface area contributed by atoms with E-state index in [1.807, 2.05) is 7.05 Å². The van der Waals surface area contributed by atoms with Crippen molar-refractivity contribution < 1.29 is 22.7 Å². The van der Waals surface area contributed by atoms with E-state index in [0.29, 0.717) is 17.2 Å². The number of hydrogen-bond acceptors (Lipinski definition) is 7. The number of hydrazone groups is 1. The van der Waals surface area contributed by atoms with Crippen LogP contribution in [-0.2, 0) is 14.8 Å². The quantitative estimate of drug-likeness (QED) is 0.678. The van der Waals surface area contributed by atoms with Gasteiger partial charge in [0.05, 0.1) is 26.2 Å². The predicted octanol–water partition coefficient (Wildman–Crippen LogP) is 0.668. The summed E-state index contributed by atoms with van der Waals surface area (Å²) in [6.45, 7) is 1.39. The van der Waals surface area contributed by atoms with E-state index in [4.69, 9.17) is 9.47 Å². The number of rotatable bonds is 7. The monoisotopic (exact) mass is 398 g/mol. The fourth-order valence-electron chi connectivity index (χ4n) is 2.68. The van der Waals surface area contributed by atoms with Gasteiger partial charge in [-0.05, 0) is 19.2 Å². The Morgan fingerprint density at radius 1 is 1.22 bits per heavy atom. The Balaban J connectivity index is 2.13. The van der Waals surface area contributed by atoms with Gasteiger partial charge in [-0.2, -0.15) is 5.10 Å². The number of carbonyl (C=O) groups is 1. The molecular weight excluding hydrogens is 372 g/mol. The van der Waals surface area contributed by atoms with Crippen molar-refractivity contribution in [3.8, 4) is 11.5 Å². The standard InChI is InChI=1S/C17H26N4O5S/c1-20-9-7-13(8-10-20)18-19-17(22)12-21(27(4,23)24)14-5-6-15(25-2)16(11-14)26-3/h5-6,11H,7-10,12H2,1-4H3,(H,19,22). The highest BCUT2D eigenvalue weighted by atomic mass is 32.2. The van der Waals surface area contributed by atoms with Gasteiger partial charge in [-0.15, -0.1) is 0 Å². The lowest BCUT2D eigenvalue weighted by atomic mass is 10.1. The molecule has 1 amide bonds. The van der Waals surface area contributed by atoms with Gasteiger partial charge in [0.1, 0.15) is 6.54 Å². The summed E-state index contributed by atoms with van der Waals surface area (Å²) < 4.78 is 35.8. The zero-order chi connectivity index (χ0) is 20.0. The molecule has 0 unspecified atom stereocenters. The Morgan fingerprint density at radius 2 is 1.85 bits per heavy atom. The molecule has 0 spiro atoms. The summed E-state index contributed by atoms with van der Waals surface area (Å²) in [6.07, 6.45) is 2.60. The molecule has 1 N–H and O–H groups in total. The molecular formula is C17H26N4O5S. The molecule has 0 bridgehead atoms. The number of benzene rings is 1. The van der Waals surface area contributed by atoms with Gasteiger partial charge in [-0.1, -0.05) is 0 Å². The molecule has 9 nitrogen and oxygen atoms in total. The van der Waals surface area contributed by atoms with Crippen LogP contribution in [0.5, 0.6) is 11.5 Å². The number of likely N-dealkylation sites (tertiary alicyclic amines) is 1. The Hall–Kier alpha value is -2.33. The van der Waals surface area contributed by atoms with E-state index in [9.17, 15) is 13.2 Å². The average Bonchev–Trinajstić information content (AvgIpc) is 2.64. The Kier molecular flexibility index (Phi) is 7.03. The Labute approximate surface area is 160 Å². The molecule has 0 aliphatic carbocycles. The van der Waals surface area contributed by atoms with Crippen LogP contribution >= 0.6 is 0 Å². The van der Waals surface area contributed by atoms with Crippen molar-refractivity contribution in [2.75, 3.05) is 51.5 Å². The van der Waals surface area contributed by atoms with Crippen LogP contribution in [0, 0.1) is 0 Å². The van der Waals surface area contributed by atoms with Crippen LogP contribution in [0.15, 0.2) is 23.3 Å². The molecule has 1 aromatic carbocycles. The maximum atomic E-state index is 12.3. The third-order valence-electron chi connectivity index (χ3n) is 4.25. The first-order valence-electron chi connectivity index (χ1n) is 8.47. The molecule has 1 fully saturated rings. The molecule has 0 aromatic heterocycles. The third-order valence-corrected chi connectivity index (χ3v) is 5.39.